The van der Waals surface area contributed by atoms with Crippen molar-refractivity contribution < 1.29 is 4.79 Å². The second-order valence-electron chi connectivity index (χ2n) is 6.11. The Bertz CT molecular complexity index is 750. The summed E-state index contributed by atoms with van der Waals surface area (Å²) >= 11 is 0. The molecule has 2 heterocycles. The van der Waals surface area contributed by atoms with E-state index in [-0.39, 0.29) is 5.91 Å². The number of allylic oxidation sites excluding steroid dienone is 1. The molecule has 1 aliphatic heterocycles. The molecular formula is C18H19N3O. The molecular weight excluding hydrogens is 274 g/mol. The van der Waals surface area contributed by atoms with Gasteiger partial charge in [-0.05, 0) is 50.3 Å². The zero-order valence-corrected chi connectivity index (χ0v) is 12.6. The van der Waals surface area contributed by atoms with Gasteiger partial charge in [0.1, 0.15) is 0 Å². The molecule has 1 aromatic carbocycles. The van der Waals surface area contributed by atoms with Crippen molar-refractivity contribution in [3.8, 4) is 0 Å². The number of piperidine rings is 1. The number of fused-ring (bicyclic) bond motifs is 1. The number of benzene rings is 1. The fourth-order valence-electron chi connectivity index (χ4n) is 3.32. The molecule has 4 rings (SSSR count). The highest BCUT2D eigenvalue weighted by atomic mass is 16.2. The average molecular weight is 293 g/mol. The zero-order valence-electron chi connectivity index (χ0n) is 12.6. The number of amides is 1. The summed E-state index contributed by atoms with van der Waals surface area (Å²) in [6, 6.07) is 5.59. The molecule has 112 valence electrons. The Balaban J connectivity index is 1.51. The summed E-state index contributed by atoms with van der Waals surface area (Å²) in [5, 5.41) is 0. The Morgan fingerprint density at radius 3 is 2.27 bits per heavy atom. The summed E-state index contributed by atoms with van der Waals surface area (Å²) in [6.45, 7) is 1.69. The maximum absolute atomic E-state index is 12.7. The Morgan fingerprint density at radius 2 is 1.59 bits per heavy atom. The number of likely N-dealkylation sites (tertiary alicyclic amines) is 1. The van der Waals surface area contributed by atoms with Crippen molar-refractivity contribution in [3.63, 3.8) is 0 Å². The van der Waals surface area contributed by atoms with Gasteiger partial charge in [-0.1, -0.05) is 11.1 Å². The van der Waals surface area contributed by atoms with Crippen LogP contribution in [0.2, 0.25) is 0 Å². The lowest BCUT2D eigenvalue weighted by molar-refractivity contribution is 0.0742. The molecule has 0 bridgehead atoms. The lowest BCUT2D eigenvalue weighted by Gasteiger charge is -2.32. The first kappa shape index (κ1) is 13.4. The molecule has 4 heteroatoms. The summed E-state index contributed by atoms with van der Waals surface area (Å²) < 4.78 is 0. The Labute approximate surface area is 129 Å². The Hall–Kier alpha value is -2.23. The first-order valence-electron chi connectivity index (χ1n) is 8.01. The minimum atomic E-state index is 0.116. The van der Waals surface area contributed by atoms with Gasteiger partial charge in [-0.15, -0.1) is 0 Å². The number of nitrogens with zero attached hydrogens (tertiary/aromatic N) is 3. The molecule has 1 saturated heterocycles. The molecule has 1 aromatic heterocycles. The standard InChI is InChI=1S/C18H19N3O/c22-18(15-4-5-16-17(12-15)20-9-8-19-16)21-10-6-14(7-11-21)13-2-1-3-13/h4-5,8-9,12H,1-3,6-7,10-11H2. The first-order chi connectivity index (χ1) is 10.8. The van der Waals surface area contributed by atoms with Crippen LogP contribution in [0.1, 0.15) is 42.5 Å². The number of carbonyl (C=O) groups excluding carboxylic acids is 1. The third kappa shape index (κ3) is 2.39. The lowest BCUT2D eigenvalue weighted by atomic mass is 9.84. The smallest absolute Gasteiger partial charge is 0.253 e. The maximum Gasteiger partial charge on any atom is 0.253 e. The highest BCUT2D eigenvalue weighted by Crippen LogP contribution is 2.33. The second-order valence-corrected chi connectivity index (χ2v) is 6.11. The fraction of sp³-hybridized carbons (Fsp3) is 0.389. The third-order valence-corrected chi connectivity index (χ3v) is 4.83. The van der Waals surface area contributed by atoms with E-state index in [4.69, 9.17) is 0 Å². The molecule has 0 unspecified atom stereocenters. The van der Waals surface area contributed by atoms with Gasteiger partial charge in [-0.3, -0.25) is 14.8 Å². The van der Waals surface area contributed by atoms with Gasteiger partial charge in [0.2, 0.25) is 0 Å². The molecule has 1 amide bonds. The largest absolute Gasteiger partial charge is 0.338 e. The monoisotopic (exact) mass is 293 g/mol. The van der Waals surface area contributed by atoms with Crippen LogP contribution in [0.3, 0.4) is 0 Å². The van der Waals surface area contributed by atoms with E-state index in [0.29, 0.717) is 5.56 Å². The predicted molar refractivity (Wildman–Crippen MR) is 85.6 cm³/mol. The van der Waals surface area contributed by atoms with Gasteiger partial charge >= 0.3 is 0 Å². The summed E-state index contributed by atoms with van der Waals surface area (Å²) in [4.78, 5) is 23.2. The molecule has 2 aromatic rings. The van der Waals surface area contributed by atoms with Crippen molar-refractivity contribution in [2.45, 2.75) is 32.1 Å². The van der Waals surface area contributed by atoms with Crippen molar-refractivity contribution in [2.75, 3.05) is 13.1 Å². The summed E-state index contributed by atoms with van der Waals surface area (Å²) in [7, 11) is 0. The SMILES string of the molecule is O=C(c1ccc2nccnc2c1)N1CCC(=C2CCC2)CC1. The van der Waals surface area contributed by atoms with Crippen LogP contribution in [0, 0.1) is 0 Å². The molecule has 2 fully saturated rings. The quantitative estimate of drug-likeness (QED) is 0.757. The predicted octanol–water partition coefficient (Wildman–Crippen LogP) is 3.35. The lowest BCUT2D eigenvalue weighted by Crippen LogP contribution is -2.36. The van der Waals surface area contributed by atoms with Gasteiger partial charge in [0, 0.05) is 31.0 Å². The van der Waals surface area contributed by atoms with Gasteiger partial charge in [0.25, 0.3) is 5.91 Å². The van der Waals surface area contributed by atoms with E-state index < -0.39 is 0 Å². The maximum atomic E-state index is 12.7. The van der Waals surface area contributed by atoms with Crippen LogP contribution in [0.4, 0.5) is 0 Å². The Kier molecular flexibility index (Phi) is 3.37. The number of hydrogen-bond donors (Lipinski definition) is 0. The van der Waals surface area contributed by atoms with Crippen molar-refractivity contribution in [3.05, 3.63) is 47.3 Å². The van der Waals surface area contributed by atoms with E-state index in [9.17, 15) is 4.79 Å². The minimum Gasteiger partial charge on any atom is -0.338 e. The first-order valence-corrected chi connectivity index (χ1v) is 8.01. The topological polar surface area (TPSA) is 46.1 Å². The van der Waals surface area contributed by atoms with Gasteiger partial charge < -0.3 is 4.90 Å². The third-order valence-electron chi connectivity index (χ3n) is 4.83. The van der Waals surface area contributed by atoms with Crippen molar-refractivity contribution in [1.29, 1.82) is 0 Å². The number of carbonyl (C=O) groups is 1. The summed E-state index contributed by atoms with van der Waals surface area (Å²) in [6.07, 6.45) is 9.35. The van der Waals surface area contributed by atoms with Gasteiger partial charge in [-0.2, -0.15) is 0 Å². The summed E-state index contributed by atoms with van der Waals surface area (Å²) in [5.41, 5.74) is 5.60. The van der Waals surface area contributed by atoms with E-state index in [0.717, 1.165) is 37.0 Å². The van der Waals surface area contributed by atoms with Crippen molar-refractivity contribution >= 4 is 16.9 Å². The van der Waals surface area contributed by atoms with Crippen LogP contribution < -0.4 is 0 Å². The molecule has 0 N–H and O–H groups in total. The molecule has 2 aliphatic rings. The highest BCUT2D eigenvalue weighted by molar-refractivity contribution is 5.97. The Morgan fingerprint density at radius 1 is 0.909 bits per heavy atom. The molecule has 0 atom stereocenters. The van der Waals surface area contributed by atoms with E-state index >= 15 is 0 Å². The molecule has 22 heavy (non-hydrogen) atoms. The highest BCUT2D eigenvalue weighted by Gasteiger charge is 2.23. The normalized spacial score (nSPS) is 18.5. The number of hydrogen-bond acceptors (Lipinski definition) is 3. The van der Waals surface area contributed by atoms with E-state index in [2.05, 4.69) is 9.97 Å². The molecule has 4 nitrogen and oxygen atoms in total. The van der Waals surface area contributed by atoms with E-state index in [1.807, 2.05) is 23.1 Å². The van der Waals surface area contributed by atoms with Gasteiger partial charge in [-0.25, -0.2) is 0 Å². The van der Waals surface area contributed by atoms with Gasteiger partial charge in [0.05, 0.1) is 11.0 Å². The van der Waals surface area contributed by atoms with E-state index in [1.54, 1.807) is 23.5 Å². The number of rotatable bonds is 1. The molecule has 1 aliphatic carbocycles. The van der Waals surface area contributed by atoms with Crippen LogP contribution in [0.5, 0.6) is 0 Å². The van der Waals surface area contributed by atoms with Crippen LogP contribution >= 0.6 is 0 Å². The van der Waals surface area contributed by atoms with Crippen LogP contribution in [0.25, 0.3) is 11.0 Å². The summed E-state index contributed by atoms with van der Waals surface area (Å²) in [5.74, 6) is 0.116. The fourth-order valence-corrected chi connectivity index (χ4v) is 3.32. The van der Waals surface area contributed by atoms with Crippen molar-refractivity contribution in [2.24, 2.45) is 0 Å². The number of aromatic nitrogens is 2. The van der Waals surface area contributed by atoms with Crippen LogP contribution in [-0.4, -0.2) is 33.9 Å². The van der Waals surface area contributed by atoms with E-state index in [1.165, 1.54) is 19.3 Å². The van der Waals surface area contributed by atoms with Crippen molar-refractivity contribution in [1.82, 2.24) is 14.9 Å². The van der Waals surface area contributed by atoms with Crippen LogP contribution in [0.15, 0.2) is 41.7 Å². The second kappa shape index (κ2) is 5.52. The molecule has 0 radical (unpaired) electrons. The van der Waals surface area contributed by atoms with Crippen LogP contribution in [-0.2, 0) is 0 Å². The van der Waals surface area contributed by atoms with Gasteiger partial charge in [0.15, 0.2) is 0 Å². The minimum absolute atomic E-state index is 0.116. The molecule has 1 saturated carbocycles. The zero-order chi connectivity index (χ0) is 14.9. The average Bonchev–Trinajstić information content (AvgIpc) is 2.53. The molecule has 0 spiro atoms.